The second-order valence-electron chi connectivity index (χ2n) is 5.30. The highest BCUT2D eigenvalue weighted by atomic mass is 35.5. The maximum Gasteiger partial charge on any atom is 0.269 e. The molecule has 25 heavy (non-hydrogen) atoms. The van der Waals surface area contributed by atoms with Crippen LogP contribution in [0.4, 0.5) is 0 Å². The third-order valence-corrected chi connectivity index (χ3v) is 3.79. The lowest BCUT2D eigenvalue weighted by Gasteiger charge is -2.10. The molecule has 0 atom stereocenters. The largest absolute Gasteiger partial charge is 0.351 e. The summed E-state index contributed by atoms with van der Waals surface area (Å²) >= 11 is 5.93. The average Bonchev–Trinajstić information content (AvgIpc) is 2.60. The molecule has 0 bridgehead atoms. The molecule has 0 fully saturated rings. The summed E-state index contributed by atoms with van der Waals surface area (Å²) in [7, 11) is 0. The van der Waals surface area contributed by atoms with E-state index in [0.717, 1.165) is 5.56 Å². The average molecular weight is 360 g/mol. The number of nitrogens with one attached hydrogen (secondary N) is 3. The number of amides is 3. The van der Waals surface area contributed by atoms with Crippen molar-refractivity contribution in [1.82, 2.24) is 16.2 Å². The molecule has 2 rings (SSSR count). The van der Waals surface area contributed by atoms with E-state index in [1.54, 1.807) is 49.4 Å². The Kier molecular flexibility index (Phi) is 6.54. The van der Waals surface area contributed by atoms with Crippen molar-refractivity contribution < 1.29 is 14.4 Å². The van der Waals surface area contributed by atoms with Gasteiger partial charge < -0.3 is 5.32 Å². The highest BCUT2D eigenvalue weighted by Crippen LogP contribution is 2.14. The molecule has 3 N–H and O–H groups in total. The van der Waals surface area contributed by atoms with E-state index < -0.39 is 11.8 Å². The Labute approximate surface area is 150 Å². The van der Waals surface area contributed by atoms with Crippen molar-refractivity contribution >= 4 is 29.3 Å². The normalized spacial score (nSPS) is 10.0. The first-order valence-corrected chi connectivity index (χ1v) is 8.04. The lowest BCUT2D eigenvalue weighted by molar-refractivity contribution is -0.121. The number of carbonyl (C=O) groups excluding carboxylic acids is 3. The number of halogens is 1. The quantitative estimate of drug-likeness (QED) is 0.715. The third-order valence-electron chi connectivity index (χ3n) is 3.46. The predicted octanol–water partition coefficient (Wildman–Crippen LogP) is 2.23. The van der Waals surface area contributed by atoms with Crippen molar-refractivity contribution in [3.05, 3.63) is 70.2 Å². The fraction of sp³-hybridized carbons (Fsp3) is 0.167. The van der Waals surface area contributed by atoms with Crippen LogP contribution in [0.15, 0.2) is 48.5 Å². The minimum atomic E-state index is -0.415. The van der Waals surface area contributed by atoms with Crippen LogP contribution in [0.25, 0.3) is 0 Å². The molecule has 7 heteroatoms. The van der Waals surface area contributed by atoms with Gasteiger partial charge in [0.1, 0.15) is 0 Å². The molecular weight excluding hydrogens is 342 g/mol. The SMILES string of the molecule is Cc1ccccc1C(=O)NNC(=O)CCNC(=O)c1ccccc1Cl. The number of carbonyl (C=O) groups is 3. The van der Waals surface area contributed by atoms with Gasteiger partial charge >= 0.3 is 0 Å². The van der Waals surface area contributed by atoms with Crippen LogP contribution in [0.3, 0.4) is 0 Å². The summed E-state index contributed by atoms with van der Waals surface area (Å²) in [5.41, 5.74) is 6.30. The van der Waals surface area contributed by atoms with E-state index in [-0.39, 0.29) is 18.9 Å². The summed E-state index contributed by atoms with van der Waals surface area (Å²) in [5.74, 6) is -1.17. The molecule has 3 amide bonds. The van der Waals surface area contributed by atoms with E-state index in [2.05, 4.69) is 16.2 Å². The van der Waals surface area contributed by atoms with E-state index in [9.17, 15) is 14.4 Å². The van der Waals surface area contributed by atoms with Crippen molar-refractivity contribution in [1.29, 1.82) is 0 Å². The third kappa shape index (κ3) is 5.32. The Bertz CT molecular complexity index is 793. The number of hydrazine groups is 1. The summed E-state index contributed by atoms with van der Waals surface area (Å²) in [6.45, 7) is 1.93. The van der Waals surface area contributed by atoms with E-state index in [0.29, 0.717) is 16.1 Å². The van der Waals surface area contributed by atoms with Gasteiger partial charge in [-0.15, -0.1) is 0 Å². The van der Waals surface area contributed by atoms with Gasteiger partial charge in [0.15, 0.2) is 0 Å². The molecule has 0 heterocycles. The maximum absolute atomic E-state index is 12.0. The standard InChI is InChI=1S/C18H18ClN3O3/c1-12-6-2-3-7-13(12)18(25)22-21-16(23)10-11-20-17(24)14-8-4-5-9-15(14)19/h2-9H,10-11H2,1H3,(H,20,24)(H,21,23)(H,22,25). The van der Waals surface area contributed by atoms with Gasteiger partial charge in [0, 0.05) is 18.5 Å². The zero-order valence-electron chi connectivity index (χ0n) is 13.6. The lowest BCUT2D eigenvalue weighted by atomic mass is 10.1. The Morgan fingerprint density at radius 2 is 1.52 bits per heavy atom. The molecule has 2 aromatic rings. The number of rotatable bonds is 5. The first kappa shape index (κ1) is 18.5. The Balaban J connectivity index is 1.74. The van der Waals surface area contributed by atoms with E-state index in [1.165, 1.54) is 0 Å². The molecular formula is C18H18ClN3O3. The van der Waals surface area contributed by atoms with E-state index in [4.69, 9.17) is 11.6 Å². The number of hydrogen-bond donors (Lipinski definition) is 3. The highest BCUT2D eigenvalue weighted by molar-refractivity contribution is 6.33. The van der Waals surface area contributed by atoms with Crippen LogP contribution in [0.1, 0.15) is 32.7 Å². The molecule has 0 saturated heterocycles. The number of benzene rings is 2. The van der Waals surface area contributed by atoms with Gasteiger partial charge in [0.25, 0.3) is 11.8 Å². The molecule has 0 aliphatic rings. The Morgan fingerprint density at radius 3 is 2.20 bits per heavy atom. The van der Waals surface area contributed by atoms with Crippen molar-refractivity contribution in [2.45, 2.75) is 13.3 Å². The predicted molar refractivity (Wildman–Crippen MR) is 95.2 cm³/mol. The van der Waals surface area contributed by atoms with Crippen LogP contribution in [-0.4, -0.2) is 24.3 Å². The van der Waals surface area contributed by atoms with Gasteiger partial charge in [-0.1, -0.05) is 41.9 Å². The van der Waals surface area contributed by atoms with Crippen molar-refractivity contribution in [3.63, 3.8) is 0 Å². The van der Waals surface area contributed by atoms with Gasteiger partial charge in [-0.05, 0) is 30.7 Å². The summed E-state index contributed by atoms with van der Waals surface area (Å²) in [6.07, 6.45) is 0.0181. The Hall–Kier alpha value is -2.86. The first-order chi connectivity index (χ1) is 12.0. The molecule has 0 spiro atoms. The fourth-order valence-corrected chi connectivity index (χ4v) is 2.34. The van der Waals surface area contributed by atoms with Crippen LogP contribution < -0.4 is 16.2 Å². The molecule has 2 aromatic carbocycles. The second kappa shape index (κ2) is 8.84. The minimum absolute atomic E-state index is 0.0181. The van der Waals surface area contributed by atoms with Crippen LogP contribution >= 0.6 is 11.6 Å². The van der Waals surface area contributed by atoms with Crippen LogP contribution in [-0.2, 0) is 4.79 Å². The smallest absolute Gasteiger partial charge is 0.269 e. The molecule has 0 aliphatic heterocycles. The molecule has 0 aromatic heterocycles. The number of aryl methyl sites for hydroxylation is 1. The van der Waals surface area contributed by atoms with Crippen molar-refractivity contribution in [2.24, 2.45) is 0 Å². The van der Waals surface area contributed by atoms with Gasteiger partial charge in [-0.2, -0.15) is 0 Å². The minimum Gasteiger partial charge on any atom is -0.351 e. The summed E-state index contributed by atoms with van der Waals surface area (Å²) in [5, 5.41) is 2.94. The molecule has 130 valence electrons. The molecule has 6 nitrogen and oxygen atoms in total. The zero-order valence-corrected chi connectivity index (χ0v) is 14.4. The van der Waals surface area contributed by atoms with Crippen molar-refractivity contribution in [2.75, 3.05) is 6.54 Å². The maximum atomic E-state index is 12.0. The fourth-order valence-electron chi connectivity index (χ4n) is 2.11. The van der Waals surface area contributed by atoms with Gasteiger partial charge in [-0.3, -0.25) is 25.2 Å². The molecule has 0 unspecified atom stereocenters. The first-order valence-electron chi connectivity index (χ1n) is 7.66. The summed E-state index contributed by atoms with van der Waals surface area (Å²) < 4.78 is 0. The van der Waals surface area contributed by atoms with Gasteiger partial charge in [0.2, 0.25) is 5.91 Å². The van der Waals surface area contributed by atoms with E-state index in [1.807, 2.05) is 6.07 Å². The lowest BCUT2D eigenvalue weighted by Crippen LogP contribution is -2.43. The monoisotopic (exact) mass is 359 g/mol. The van der Waals surface area contributed by atoms with Crippen LogP contribution in [0.5, 0.6) is 0 Å². The Morgan fingerprint density at radius 1 is 0.880 bits per heavy atom. The zero-order chi connectivity index (χ0) is 18.2. The second-order valence-corrected chi connectivity index (χ2v) is 5.71. The number of hydrogen-bond acceptors (Lipinski definition) is 3. The summed E-state index contributed by atoms with van der Waals surface area (Å²) in [4.78, 5) is 35.6. The summed E-state index contributed by atoms with van der Waals surface area (Å²) in [6, 6.07) is 13.7. The topological polar surface area (TPSA) is 87.3 Å². The molecule has 0 aliphatic carbocycles. The van der Waals surface area contributed by atoms with Crippen LogP contribution in [0, 0.1) is 6.92 Å². The van der Waals surface area contributed by atoms with Gasteiger partial charge in [0.05, 0.1) is 10.6 Å². The molecule has 0 saturated carbocycles. The van der Waals surface area contributed by atoms with E-state index >= 15 is 0 Å². The van der Waals surface area contributed by atoms with Crippen LogP contribution in [0.2, 0.25) is 5.02 Å². The van der Waals surface area contributed by atoms with Crippen molar-refractivity contribution in [3.8, 4) is 0 Å². The van der Waals surface area contributed by atoms with Gasteiger partial charge in [-0.25, -0.2) is 0 Å². The highest BCUT2D eigenvalue weighted by Gasteiger charge is 2.11. The molecule has 0 radical (unpaired) electrons.